The summed E-state index contributed by atoms with van der Waals surface area (Å²) in [6.07, 6.45) is 1.19. The lowest BCUT2D eigenvalue weighted by molar-refractivity contribution is -0.133. The number of fused-ring (bicyclic) bond motifs is 1. The summed E-state index contributed by atoms with van der Waals surface area (Å²) in [6.45, 7) is 8.29. The van der Waals surface area contributed by atoms with E-state index in [0.29, 0.717) is 5.56 Å². The molecule has 2 N–H and O–H groups in total. The van der Waals surface area contributed by atoms with Gasteiger partial charge in [0.2, 0.25) is 0 Å². The molecule has 2 heterocycles. The summed E-state index contributed by atoms with van der Waals surface area (Å²) in [6, 6.07) is 7.51. The molecule has 0 aromatic heterocycles. The Bertz CT molecular complexity index is 606. The van der Waals surface area contributed by atoms with Crippen molar-refractivity contribution < 1.29 is 9.84 Å². The number of nitrogens with one attached hydrogen (secondary N) is 1. The number of piperidine rings is 1. The van der Waals surface area contributed by atoms with Gasteiger partial charge in [-0.1, -0.05) is 20.8 Å². The van der Waals surface area contributed by atoms with Crippen molar-refractivity contribution in [2.24, 2.45) is 11.3 Å². The van der Waals surface area contributed by atoms with Crippen LogP contribution in [0, 0.1) is 22.7 Å². The van der Waals surface area contributed by atoms with E-state index in [9.17, 15) is 5.11 Å². The Hall–Kier alpha value is -1.57. The third kappa shape index (κ3) is 2.39. The third-order valence-electron chi connectivity index (χ3n) is 5.04. The Labute approximate surface area is 132 Å². The molecule has 3 rings (SSSR count). The molecule has 1 aromatic carbocycles. The van der Waals surface area contributed by atoms with Crippen LogP contribution in [0.3, 0.4) is 0 Å². The van der Waals surface area contributed by atoms with E-state index in [0.717, 1.165) is 37.2 Å². The fraction of sp³-hybridized carbons (Fsp3) is 0.611. The van der Waals surface area contributed by atoms with Gasteiger partial charge < -0.3 is 15.2 Å². The number of aliphatic hydroxyl groups is 1. The summed E-state index contributed by atoms with van der Waals surface area (Å²) in [5.74, 6) is 0.734. The van der Waals surface area contributed by atoms with Gasteiger partial charge >= 0.3 is 0 Å². The molecule has 0 aliphatic carbocycles. The number of ether oxygens (including phenoxy) is 1. The maximum absolute atomic E-state index is 11.1. The Morgan fingerprint density at radius 1 is 1.32 bits per heavy atom. The van der Waals surface area contributed by atoms with Crippen molar-refractivity contribution in [3.05, 3.63) is 29.3 Å². The summed E-state index contributed by atoms with van der Waals surface area (Å²) >= 11 is 0. The molecule has 2 aliphatic heterocycles. The SMILES string of the molecule is CC(C)(C)C1C(O)c2cc(C#N)ccc2OC12CCNCC2. The van der Waals surface area contributed by atoms with E-state index >= 15 is 0 Å². The number of aliphatic hydroxyl groups excluding tert-OH is 1. The predicted molar refractivity (Wildman–Crippen MR) is 84.5 cm³/mol. The second kappa shape index (κ2) is 5.26. The lowest BCUT2D eigenvalue weighted by atomic mass is 9.62. The minimum absolute atomic E-state index is 0.00328. The minimum atomic E-state index is -0.602. The first kappa shape index (κ1) is 15.3. The van der Waals surface area contributed by atoms with Gasteiger partial charge in [0.1, 0.15) is 11.4 Å². The molecule has 1 saturated heterocycles. The van der Waals surface area contributed by atoms with E-state index in [4.69, 9.17) is 10.00 Å². The Morgan fingerprint density at radius 2 is 2.00 bits per heavy atom. The highest BCUT2D eigenvalue weighted by atomic mass is 16.5. The van der Waals surface area contributed by atoms with Crippen LogP contribution in [0.5, 0.6) is 5.75 Å². The molecule has 1 fully saturated rings. The van der Waals surface area contributed by atoms with Crippen LogP contribution in [0.15, 0.2) is 18.2 Å². The van der Waals surface area contributed by atoms with Crippen LogP contribution in [0.4, 0.5) is 0 Å². The van der Waals surface area contributed by atoms with Gasteiger partial charge in [-0.2, -0.15) is 5.26 Å². The lowest BCUT2D eigenvalue weighted by Gasteiger charge is -2.53. The highest BCUT2D eigenvalue weighted by Gasteiger charge is 2.54. The average molecular weight is 300 g/mol. The normalized spacial score (nSPS) is 26.9. The zero-order chi connectivity index (χ0) is 16.0. The molecule has 1 aromatic rings. The summed E-state index contributed by atoms with van der Waals surface area (Å²) in [5, 5.41) is 23.6. The van der Waals surface area contributed by atoms with Crippen molar-refractivity contribution in [3.63, 3.8) is 0 Å². The van der Waals surface area contributed by atoms with Gasteiger partial charge in [0, 0.05) is 24.3 Å². The van der Waals surface area contributed by atoms with Crippen LogP contribution in [0.1, 0.15) is 50.8 Å². The molecule has 0 radical (unpaired) electrons. The van der Waals surface area contributed by atoms with E-state index in [1.807, 2.05) is 6.07 Å². The first-order valence-corrected chi connectivity index (χ1v) is 7.99. The number of hydrogen-bond donors (Lipinski definition) is 2. The molecule has 2 atom stereocenters. The number of hydrogen-bond acceptors (Lipinski definition) is 4. The number of rotatable bonds is 0. The van der Waals surface area contributed by atoms with Crippen LogP contribution in [0.25, 0.3) is 0 Å². The van der Waals surface area contributed by atoms with Gasteiger partial charge in [-0.15, -0.1) is 0 Å². The predicted octanol–water partition coefficient (Wildman–Crippen LogP) is 2.77. The Morgan fingerprint density at radius 3 is 2.59 bits per heavy atom. The first-order valence-electron chi connectivity index (χ1n) is 7.99. The minimum Gasteiger partial charge on any atom is -0.486 e. The summed E-state index contributed by atoms with van der Waals surface area (Å²) in [7, 11) is 0. The van der Waals surface area contributed by atoms with Crippen molar-refractivity contribution in [1.29, 1.82) is 5.26 Å². The molecule has 0 bridgehead atoms. The van der Waals surface area contributed by atoms with Gasteiger partial charge in [-0.3, -0.25) is 0 Å². The zero-order valence-electron chi connectivity index (χ0n) is 13.5. The van der Waals surface area contributed by atoms with E-state index in [2.05, 4.69) is 32.2 Å². The second-order valence-electron chi connectivity index (χ2n) is 7.57. The van der Waals surface area contributed by atoms with Crippen LogP contribution >= 0.6 is 0 Å². The molecule has 4 heteroatoms. The van der Waals surface area contributed by atoms with E-state index in [-0.39, 0.29) is 16.9 Å². The van der Waals surface area contributed by atoms with E-state index in [1.54, 1.807) is 12.1 Å². The fourth-order valence-electron chi connectivity index (χ4n) is 4.22. The van der Waals surface area contributed by atoms with Crippen LogP contribution in [-0.4, -0.2) is 23.8 Å². The van der Waals surface area contributed by atoms with E-state index < -0.39 is 6.10 Å². The Kier molecular flexibility index (Phi) is 3.66. The highest BCUT2D eigenvalue weighted by Crippen LogP contribution is 2.54. The topological polar surface area (TPSA) is 65.3 Å². The largest absolute Gasteiger partial charge is 0.486 e. The molecule has 0 saturated carbocycles. The third-order valence-corrected chi connectivity index (χ3v) is 5.04. The van der Waals surface area contributed by atoms with Crippen molar-refractivity contribution in [3.8, 4) is 11.8 Å². The molecule has 2 aliphatic rings. The molecule has 4 nitrogen and oxygen atoms in total. The van der Waals surface area contributed by atoms with Gasteiger partial charge in [0.15, 0.2) is 0 Å². The number of benzene rings is 1. The molecule has 1 spiro atoms. The zero-order valence-corrected chi connectivity index (χ0v) is 13.5. The quantitative estimate of drug-likeness (QED) is 0.773. The van der Waals surface area contributed by atoms with Crippen LogP contribution in [0.2, 0.25) is 0 Å². The number of nitriles is 1. The van der Waals surface area contributed by atoms with Crippen LogP contribution in [-0.2, 0) is 0 Å². The number of nitrogens with zero attached hydrogens (tertiary/aromatic N) is 1. The van der Waals surface area contributed by atoms with Crippen molar-refractivity contribution in [2.45, 2.75) is 45.3 Å². The second-order valence-corrected chi connectivity index (χ2v) is 7.57. The van der Waals surface area contributed by atoms with Crippen molar-refractivity contribution in [2.75, 3.05) is 13.1 Å². The standard InChI is InChI=1S/C18H24N2O2/c1-17(2,3)16-15(21)13-10-12(11-19)4-5-14(13)22-18(16)6-8-20-9-7-18/h4-5,10,15-16,20-21H,6-9H2,1-3H3. The van der Waals surface area contributed by atoms with Gasteiger partial charge in [-0.05, 0) is 36.7 Å². The summed E-state index contributed by atoms with van der Waals surface area (Å²) in [4.78, 5) is 0. The van der Waals surface area contributed by atoms with Gasteiger partial charge in [0.25, 0.3) is 0 Å². The summed E-state index contributed by atoms with van der Waals surface area (Å²) < 4.78 is 6.46. The molecular weight excluding hydrogens is 276 g/mol. The maximum Gasteiger partial charge on any atom is 0.126 e. The molecule has 22 heavy (non-hydrogen) atoms. The fourth-order valence-corrected chi connectivity index (χ4v) is 4.22. The summed E-state index contributed by atoms with van der Waals surface area (Å²) in [5.41, 5.74) is 0.903. The first-order chi connectivity index (χ1) is 10.4. The highest BCUT2D eigenvalue weighted by molar-refractivity contribution is 5.46. The lowest BCUT2D eigenvalue weighted by Crippen LogP contribution is -2.58. The molecule has 0 amide bonds. The van der Waals surface area contributed by atoms with Crippen LogP contribution < -0.4 is 10.1 Å². The van der Waals surface area contributed by atoms with Gasteiger partial charge in [0.05, 0.1) is 17.7 Å². The van der Waals surface area contributed by atoms with Crippen molar-refractivity contribution in [1.82, 2.24) is 5.32 Å². The molecular formula is C18H24N2O2. The average Bonchev–Trinajstić information content (AvgIpc) is 2.46. The van der Waals surface area contributed by atoms with E-state index in [1.165, 1.54) is 0 Å². The maximum atomic E-state index is 11.1. The van der Waals surface area contributed by atoms with Crippen molar-refractivity contribution >= 4 is 0 Å². The molecule has 118 valence electrons. The Balaban J connectivity index is 2.11. The smallest absolute Gasteiger partial charge is 0.126 e. The van der Waals surface area contributed by atoms with Gasteiger partial charge in [-0.25, -0.2) is 0 Å². The monoisotopic (exact) mass is 300 g/mol. The molecule has 2 unspecified atom stereocenters.